The summed E-state index contributed by atoms with van der Waals surface area (Å²) in [6.07, 6.45) is 2.17. The van der Waals surface area contributed by atoms with Gasteiger partial charge in [-0.1, -0.05) is 25.1 Å². The van der Waals surface area contributed by atoms with Crippen LogP contribution in [0.15, 0.2) is 48.5 Å². The van der Waals surface area contributed by atoms with Gasteiger partial charge in [0.05, 0.1) is 6.10 Å². The number of anilines is 1. The lowest BCUT2D eigenvalue weighted by atomic mass is 10.1. The zero-order chi connectivity index (χ0) is 19.8. The number of carbonyl (C=O) groups excluding carboxylic acids is 2. The van der Waals surface area contributed by atoms with Crippen molar-refractivity contribution in [3.05, 3.63) is 59.7 Å². The second-order valence-electron chi connectivity index (χ2n) is 6.80. The molecule has 0 heterocycles. The van der Waals surface area contributed by atoms with Gasteiger partial charge in [0.25, 0.3) is 5.91 Å². The summed E-state index contributed by atoms with van der Waals surface area (Å²) in [5.41, 5.74) is 2.33. The normalized spacial score (nSPS) is 11.6. The molecule has 0 saturated heterocycles. The molecule has 0 bridgehead atoms. The molecule has 2 aromatic rings. The van der Waals surface area contributed by atoms with Crippen LogP contribution in [0, 0.1) is 0 Å². The molecule has 1 atom stereocenters. The molecule has 5 heteroatoms. The van der Waals surface area contributed by atoms with Crippen molar-refractivity contribution in [2.75, 3.05) is 19.4 Å². The van der Waals surface area contributed by atoms with Gasteiger partial charge in [0.1, 0.15) is 5.75 Å². The number of carbonyl (C=O) groups is 2. The molecule has 0 aromatic heterocycles. The number of nitrogens with zero attached hydrogens (tertiary/aromatic N) is 1. The molecule has 0 aliphatic carbocycles. The van der Waals surface area contributed by atoms with Crippen LogP contribution in [0.1, 0.15) is 42.6 Å². The molecular weight excluding hydrogens is 340 g/mol. The molecule has 27 heavy (non-hydrogen) atoms. The molecular formula is C22H28N2O3. The van der Waals surface area contributed by atoms with Crippen molar-refractivity contribution in [3.63, 3.8) is 0 Å². The predicted molar refractivity (Wildman–Crippen MR) is 108 cm³/mol. The predicted octanol–water partition coefficient (Wildman–Crippen LogP) is 4.14. The first-order valence-corrected chi connectivity index (χ1v) is 9.26. The van der Waals surface area contributed by atoms with E-state index in [4.69, 9.17) is 4.74 Å². The van der Waals surface area contributed by atoms with Gasteiger partial charge in [0, 0.05) is 31.8 Å². The maximum absolute atomic E-state index is 12.5. The van der Waals surface area contributed by atoms with Crippen molar-refractivity contribution < 1.29 is 14.3 Å². The minimum Gasteiger partial charge on any atom is -0.491 e. The molecule has 0 spiro atoms. The maximum Gasteiger partial charge on any atom is 0.255 e. The number of rotatable bonds is 8. The fraction of sp³-hybridized carbons (Fsp3) is 0.364. The summed E-state index contributed by atoms with van der Waals surface area (Å²) in [4.78, 5) is 25.7. The fourth-order valence-electron chi connectivity index (χ4n) is 2.46. The highest BCUT2D eigenvalue weighted by Crippen LogP contribution is 2.18. The highest BCUT2D eigenvalue weighted by atomic mass is 16.5. The molecule has 1 N–H and O–H groups in total. The second kappa shape index (κ2) is 9.76. The Morgan fingerprint density at radius 3 is 2.44 bits per heavy atom. The van der Waals surface area contributed by atoms with Gasteiger partial charge in [-0.05, 0) is 55.7 Å². The summed E-state index contributed by atoms with van der Waals surface area (Å²) >= 11 is 0. The highest BCUT2D eigenvalue weighted by molar-refractivity contribution is 6.04. The Balaban J connectivity index is 1.95. The minimum absolute atomic E-state index is 0.104. The van der Waals surface area contributed by atoms with Gasteiger partial charge >= 0.3 is 0 Å². The topological polar surface area (TPSA) is 58.6 Å². The first kappa shape index (κ1) is 20.5. The average molecular weight is 368 g/mol. The standard InChI is InChI=1S/C22H28N2O3/c1-5-16(2)27-20-8-6-7-18(15-20)22(26)23-19-12-9-17(10-13-19)11-14-21(25)24(3)4/h6-10,12-13,15-16H,5,11,14H2,1-4H3,(H,23,26). The Bertz CT molecular complexity index is 769. The molecule has 2 amide bonds. The molecule has 144 valence electrons. The van der Waals surface area contributed by atoms with Crippen molar-refractivity contribution >= 4 is 17.5 Å². The molecule has 0 fully saturated rings. The van der Waals surface area contributed by atoms with E-state index in [0.717, 1.165) is 17.7 Å². The van der Waals surface area contributed by atoms with E-state index in [-0.39, 0.29) is 17.9 Å². The SMILES string of the molecule is CCC(C)Oc1cccc(C(=O)Nc2ccc(CCC(=O)N(C)C)cc2)c1. The summed E-state index contributed by atoms with van der Waals surface area (Å²) in [7, 11) is 3.51. The quantitative estimate of drug-likeness (QED) is 0.762. The lowest BCUT2D eigenvalue weighted by Crippen LogP contribution is -2.21. The zero-order valence-corrected chi connectivity index (χ0v) is 16.5. The highest BCUT2D eigenvalue weighted by Gasteiger charge is 2.09. The third-order valence-electron chi connectivity index (χ3n) is 4.35. The molecule has 0 radical (unpaired) electrons. The maximum atomic E-state index is 12.5. The minimum atomic E-state index is -0.180. The van der Waals surface area contributed by atoms with Crippen LogP contribution in [0.3, 0.4) is 0 Å². The summed E-state index contributed by atoms with van der Waals surface area (Å²) in [6, 6.07) is 14.8. The number of amides is 2. The average Bonchev–Trinajstić information content (AvgIpc) is 2.67. The zero-order valence-electron chi connectivity index (χ0n) is 16.5. The van der Waals surface area contributed by atoms with Gasteiger partial charge in [0.15, 0.2) is 0 Å². The van der Waals surface area contributed by atoms with E-state index in [1.807, 2.05) is 43.3 Å². The van der Waals surface area contributed by atoms with E-state index < -0.39 is 0 Å². The number of nitrogens with one attached hydrogen (secondary N) is 1. The molecule has 0 aliphatic rings. The van der Waals surface area contributed by atoms with Crippen LogP contribution >= 0.6 is 0 Å². The Morgan fingerprint density at radius 1 is 1.11 bits per heavy atom. The van der Waals surface area contributed by atoms with Crippen LogP contribution in [-0.4, -0.2) is 36.9 Å². The van der Waals surface area contributed by atoms with Gasteiger partial charge in [-0.15, -0.1) is 0 Å². The third-order valence-corrected chi connectivity index (χ3v) is 4.35. The van der Waals surface area contributed by atoms with Crippen molar-refractivity contribution in [3.8, 4) is 5.75 Å². The van der Waals surface area contributed by atoms with Crippen LogP contribution in [-0.2, 0) is 11.2 Å². The monoisotopic (exact) mass is 368 g/mol. The van der Waals surface area contributed by atoms with Crippen LogP contribution in [0.25, 0.3) is 0 Å². The molecule has 0 saturated carbocycles. The summed E-state index contributed by atoms with van der Waals surface area (Å²) in [5.74, 6) is 0.616. The lowest BCUT2D eigenvalue weighted by molar-refractivity contribution is -0.128. The van der Waals surface area contributed by atoms with E-state index >= 15 is 0 Å². The Kier molecular flexibility index (Phi) is 7.41. The second-order valence-corrected chi connectivity index (χ2v) is 6.80. The van der Waals surface area contributed by atoms with Crippen molar-refractivity contribution in [2.24, 2.45) is 0 Å². The van der Waals surface area contributed by atoms with Gasteiger partial charge in [-0.2, -0.15) is 0 Å². The van der Waals surface area contributed by atoms with E-state index in [9.17, 15) is 9.59 Å². The van der Waals surface area contributed by atoms with Gasteiger partial charge in [0.2, 0.25) is 5.91 Å². The van der Waals surface area contributed by atoms with Gasteiger partial charge in [-0.3, -0.25) is 9.59 Å². The Labute approximate surface area is 161 Å². The Hall–Kier alpha value is -2.82. The molecule has 2 rings (SSSR count). The van der Waals surface area contributed by atoms with Crippen molar-refractivity contribution in [2.45, 2.75) is 39.2 Å². The van der Waals surface area contributed by atoms with Crippen LogP contribution in [0.4, 0.5) is 5.69 Å². The summed E-state index contributed by atoms with van der Waals surface area (Å²) in [5, 5.41) is 2.89. The summed E-state index contributed by atoms with van der Waals surface area (Å²) in [6.45, 7) is 4.06. The Morgan fingerprint density at radius 2 is 1.81 bits per heavy atom. The number of benzene rings is 2. The van der Waals surface area contributed by atoms with Crippen LogP contribution in [0.2, 0.25) is 0 Å². The van der Waals surface area contributed by atoms with Gasteiger partial charge < -0.3 is 15.0 Å². The van der Waals surface area contributed by atoms with E-state index in [1.165, 1.54) is 0 Å². The summed E-state index contributed by atoms with van der Waals surface area (Å²) < 4.78 is 5.77. The van der Waals surface area contributed by atoms with Gasteiger partial charge in [-0.25, -0.2) is 0 Å². The first-order valence-electron chi connectivity index (χ1n) is 9.26. The third kappa shape index (κ3) is 6.44. The molecule has 1 unspecified atom stereocenters. The first-order chi connectivity index (χ1) is 12.9. The van der Waals surface area contributed by atoms with E-state index in [0.29, 0.717) is 24.2 Å². The van der Waals surface area contributed by atoms with E-state index in [1.54, 1.807) is 31.1 Å². The molecule has 5 nitrogen and oxygen atoms in total. The van der Waals surface area contributed by atoms with Crippen molar-refractivity contribution in [1.29, 1.82) is 0 Å². The van der Waals surface area contributed by atoms with Crippen molar-refractivity contribution in [1.82, 2.24) is 4.90 Å². The van der Waals surface area contributed by atoms with Crippen LogP contribution < -0.4 is 10.1 Å². The van der Waals surface area contributed by atoms with E-state index in [2.05, 4.69) is 12.2 Å². The largest absolute Gasteiger partial charge is 0.491 e. The molecule has 0 aliphatic heterocycles. The number of hydrogen-bond donors (Lipinski definition) is 1. The van der Waals surface area contributed by atoms with Crippen LogP contribution in [0.5, 0.6) is 5.75 Å². The number of aryl methyl sites for hydroxylation is 1. The molecule has 2 aromatic carbocycles. The number of ether oxygens (including phenoxy) is 1. The number of hydrogen-bond acceptors (Lipinski definition) is 3. The lowest BCUT2D eigenvalue weighted by Gasteiger charge is -2.13. The smallest absolute Gasteiger partial charge is 0.255 e. The fourth-order valence-corrected chi connectivity index (χ4v) is 2.46.